The molecule has 0 saturated carbocycles. The highest BCUT2D eigenvalue weighted by atomic mass is 35.5. The molecule has 2 fully saturated rings. The maximum Gasteiger partial charge on any atom is 0.414 e. The van der Waals surface area contributed by atoms with Crippen molar-refractivity contribution in [3.05, 3.63) is 45.8 Å². The normalized spacial score (nSPS) is 19.9. The zero-order chi connectivity index (χ0) is 24.3. The number of carbonyl (C=O) groups excluding carboxylic acids is 4. The van der Waals surface area contributed by atoms with E-state index in [9.17, 15) is 19.2 Å². The number of rotatable bonds is 5. The van der Waals surface area contributed by atoms with Gasteiger partial charge in [-0.25, -0.2) is 4.79 Å². The van der Waals surface area contributed by atoms with E-state index >= 15 is 0 Å². The third-order valence-electron chi connectivity index (χ3n) is 5.58. The van der Waals surface area contributed by atoms with Crippen LogP contribution in [0.2, 0.25) is 4.34 Å². The van der Waals surface area contributed by atoms with Gasteiger partial charge in [0.25, 0.3) is 11.8 Å². The van der Waals surface area contributed by atoms with Gasteiger partial charge in [0, 0.05) is 37.4 Å². The quantitative estimate of drug-likeness (QED) is 0.570. The number of aryl methyl sites for hydroxylation is 1. The molecule has 34 heavy (non-hydrogen) atoms. The minimum absolute atomic E-state index is 0.00823. The van der Waals surface area contributed by atoms with Crippen LogP contribution < -0.4 is 20.7 Å². The number of thiophene rings is 1. The van der Waals surface area contributed by atoms with Crippen LogP contribution in [0.15, 0.2) is 30.3 Å². The van der Waals surface area contributed by atoms with Crippen molar-refractivity contribution in [1.82, 2.24) is 15.5 Å². The molecular formula is C22H23ClN4O6S. The highest BCUT2D eigenvalue weighted by molar-refractivity contribution is 7.17. The standard InChI is InChI=1S/C22H23ClN4O6S/c1-13-10-14(2-3-15(13)19(29)27-8-7-24-17(28)11-27)25-20(30)22(6-9-32-12-22)26-21(31)33-18-5-4-16(23)34-18/h2-5,10H,6-9,11-12H2,1H3,(H,24,28)(H,25,30)(H,26,31). The lowest BCUT2D eigenvalue weighted by Crippen LogP contribution is -2.58. The number of anilines is 1. The molecule has 0 radical (unpaired) electrons. The average Bonchev–Trinajstić information content (AvgIpc) is 3.43. The molecule has 0 bridgehead atoms. The largest absolute Gasteiger partial charge is 0.414 e. The van der Waals surface area contributed by atoms with E-state index in [1.165, 1.54) is 4.90 Å². The van der Waals surface area contributed by atoms with Crippen LogP contribution in [0.4, 0.5) is 10.5 Å². The predicted octanol–water partition coefficient (Wildman–Crippen LogP) is 2.17. The molecule has 3 N–H and O–H groups in total. The zero-order valence-electron chi connectivity index (χ0n) is 18.3. The Balaban J connectivity index is 1.43. The topological polar surface area (TPSA) is 126 Å². The van der Waals surface area contributed by atoms with Gasteiger partial charge in [-0.15, -0.1) is 0 Å². The summed E-state index contributed by atoms with van der Waals surface area (Å²) in [5.74, 6) is -0.903. The summed E-state index contributed by atoms with van der Waals surface area (Å²) < 4.78 is 11.1. The van der Waals surface area contributed by atoms with Crippen LogP contribution in [0.25, 0.3) is 0 Å². The Labute approximate surface area is 204 Å². The Morgan fingerprint density at radius 1 is 1.26 bits per heavy atom. The summed E-state index contributed by atoms with van der Waals surface area (Å²) in [5, 5.41) is 8.41. The Morgan fingerprint density at radius 3 is 2.74 bits per heavy atom. The van der Waals surface area contributed by atoms with Gasteiger partial charge in [-0.3, -0.25) is 14.4 Å². The van der Waals surface area contributed by atoms with Crippen LogP contribution in [-0.2, 0) is 14.3 Å². The molecule has 1 atom stereocenters. The number of piperazine rings is 1. The fraction of sp³-hybridized carbons (Fsp3) is 0.364. The maximum absolute atomic E-state index is 13.1. The maximum atomic E-state index is 13.1. The van der Waals surface area contributed by atoms with E-state index in [1.807, 2.05) is 0 Å². The van der Waals surface area contributed by atoms with Crippen molar-refractivity contribution in [3.8, 4) is 5.06 Å². The Morgan fingerprint density at radius 2 is 2.09 bits per heavy atom. The van der Waals surface area contributed by atoms with Crippen molar-refractivity contribution >= 4 is 52.4 Å². The van der Waals surface area contributed by atoms with Crippen molar-refractivity contribution in [1.29, 1.82) is 0 Å². The van der Waals surface area contributed by atoms with Gasteiger partial charge in [0.1, 0.15) is 5.54 Å². The van der Waals surface area contributed by atoms with Gasteiger partial charge in [0.15, 0.2) is 5.06 Å². The van der Waals surface area contributed by atoms with Crippen molar-refractivity contribution in [2.45, 2.75) is 18.9 Å². The fourth-order valence-corrected chi connectivity index (χ4v) is 4.65. The van der Waals surface area contributed by atoms with Gasteiger partial charge >= 0.3 is 6.09 Å². The summed E-state index contributed by atoms with van der Waals surface area (Å²) >= 11 is 6.95. The first-order chi connectivity index (χ1) is 16.3. The van der Waals surface area contributed by atoms with Gasteiger partial charge in [-0.2, -0.15) is 0 Å². The first-order valence-electron chi connectivity index (χ1n) is 10.6. The Bertz CT molecular complexity index is 1130. The van der Waals surface area contributed by atoms with Crippen molar-refractivity contribution < 1.29 is 28.7 Å². The Kier molecular flexibility index (Phi) is 7.05. The summed E-state index contributed by atoms with van der Waals surface area (Å²) in [4.78, 5) is 51.4. The molecule has 0 spiro atoms. The first-order valence-corrected chi connectivity index (χ1v) is 11.8. The van der Waals surface area contributed by atoms with E-state index in [1.54, 1.807) is 37.3 Å². The lowest BCUT2D eigenvalue weighted by Gasteiger charge is -2.28. The van der Waals surface area contributed by atoms with E-state index in [0.29, 0.717) is 45.9 Å². The number of amides is 4. The smallest absolute Gasteiger partial charge is 0.399 e. The molecule has 1 aromatic carbocycles. The SMILES string of the molecule is Cc1cc(NC(=O)C2(NC(=O)Oc3ccc(Cl)s3)CCOC2)ccc1C(=O)N1CCNC(=O)C1. The molecule has 180 valence electrons. The molecule has 3 heterocycles. The summed E-state index contributed by atoms with van der Waals surface area (Å²) in [5.41, 5.74) is 0.249. The molecule has 0 aliphatic carbocycles. The monoisotopic (exact) mass is 506 g/mol. The summed E-state index contributed by atoms with van der Waals surface area (Å²) in [6, 6.07) is 8.06. The zero-order valence-corrected chi connectivity index (χ0v) is 19.9. The third-order valence-corrected chi connectivity index (χ3v) is 6.69. The number of hydrogen-bond donors (Lipinski definition) is 3. The van der Waals surface area contributed by atoms with Gasteiger partial charge in [0.05, 0.1) is 17.5 Å². The number of nitrogens with one attached hydrogen (secondary N) is 3. The summed E-state index contributed by atoms with van der Waals surface area (Å²) in [6.45, 7) is 2.91. The summed E-state index contributed by atoms with van der Waals surface area (Å²) in [7, 11) is 0. The second-order valence-corrected chi connectivity index (χ2v) is 9.70. The molecule has 4 amide bonds. The first kappa shape index (κ1) is 24.0. The molecule has 12 heteroatoms. The van der Waals surface area contributed by atoms with Gasteiger partial charge in [0.2, 0.25) is 5.91 Å². The number of benzene rings is 1. The van der Waals surface area contributed by atoms with Crippen LogP contribution >= 0.6 is 22.9 Å². The van der Waals surface area contributed by atoms with E-state index in [4.69, 9.17) is 21.1 Å². The highest BCUT2D eigenvalue weighted by Crippen LogP contribution is 2.29. The van der Waals surface area contributed by atoms with E-state index in [0.717, 1.165) is 11.3 Å². The lowest BCUT2D eigenvalue weighted by molar-refractivity contribution is -0.123. The predicted molar refractivity (Wildman–Crippen MR) is 125 cm³/mol. The highest BCUT2D eigenvalue weighted by Gasteiger charge is 2.44. The second kappa shape index (κ2) is 10.00. The van der Waals surface area contributed by atoms with Crippen molar-refractivity contribution in [2.75, 3.05) is 38.2 Å². The molecule has 2 aromatic rings. The molecule has 10 nitrogen and oxygen atoms in total. The van der Waals surface area contributed by atoms with Crippen LogP contribution in [0.1, 0.15) is 22.3 Å². The van der Waals surface area contributed by atoms with E-state index in [2.05, 4.69) is 16.0 Å². The number of halogens is 1. The van der Waals surface area contributed by atoms with Gasteiger partial charge < -0.3 is 30.3 Å². The second-order valence-electron chi connectivity index (χ2n) is 8.02. The third kappa shape index (κ3) is 5.32. The van der Waals surface area contributed by atoms with Crippen molar-refractivity contribution in [3.63, 3.8) is 0 Å². The molecule has 1 aromatic heterocycles. The molecule has 1 unspecified atom stereocenters. The Hall–Kier alpha value is -3.15. The van der Waals surface area contributed by atoms with Crippen LogP contribution in [0.5, 0.6) is 5.06 Å². The number of hydrogen-bond acceptors (Lipinski definition) is 7. The average molecular weight is 507 g/mol. The molecule has 2 saturated heterocycles. The molecule has 4 rings (SSSR count). The molecular weight excluding hydrogens is 484 g/mol. The lowest BCUT2D eigenvalue weighted by atomic mass is 9.97. The van der Waals surface area contributed by atoms with Gasteiger partial charge in [-0.1, -0.05) is 22.9 Å². The summed E-state index contributed by atoms with van der Waals surface area (Å²) in [6.07, 6.45) is -0.520. The van der Waals surface area contributed by atoms with Crippen molar-refractivity contribution in [2.24, 2.45) is 0 Å². The van der Waals surface area contributed by atoms with Crippen LogP contribution in [-0.4, -0.2) is 67.1 Å². The number of carbonyl (C=O) groups is 4. The van der Waals surface area contributed by atoms with Gasteiger partial charge in [-0.05, 0) is 42.8 Å². The molecule has 2 aliphatic heterocycles. The number of nitrogens with zero attached hydrogens (tertiary/aromatic N) is 1. The van der Waals surface area contributed by atoms with E-state index in [-0.39, 0.29) is 31.4 Å². The minimum Gasteiger partial charge on any atom is -0.399 e. The fourth-order valence-electron chi connectivity index (χ4n) is 3.78. The minimum atomic E-state index is -1.30. The number of ether oxygens (including phenoxy) is 2. The van der Waals surface area contributed by atoms with Crippen LogP contribution in [0.3, 0.4) is 0 Å². The van der Waals surface area contributed by atoms with Crippen LogP contribution in [0, 0.1) is 6.92 Å². The van der Waals surface area contributed by atoms with E-state index < -0.39 is 17.5 Å². The molecule has 2 aliphatic rings.